The number of nitrogens with one attached hydrogen (secondary N) is 1. The van der Waals surface area contributed by atoms with Crippen molar-refractivity contribution in [3.63, 3.8) is 0 Å². The van der Waals surface area contributed by atoms with E-state index in [-0.39, 0.29) is 7.21 Å². The van der Waals surface area contributed by atoms with Gasteiger partial charge in [-0.05, 0) is 34.1 Å². The van der Waals surface area contributed by atoms with Gasteiger partial charge in [0.25, 0.3) is 0 Å². The largest absolute Gasteiger partial charge is 0.444 e. The van der Waals surface area contributed by atoms with Gasteiger partial charge in [-0.3, -0.25) is 4.79 Å². The zero-order valence-electron chi connectivity index (χ0n) is 9.51. The summed E-state index contributed by atoms with van der Waals surface area (Å²) in [5.74, 6) is -0.0571. The summed E-state index contributed by atoms with van der Waals surface area (Å²) < 4.78 is 5.02. The Balaban J connectivity index is 0. The van der Waals surface area contributed by atoms with Crippen molar-refractivity contribution in [2.75, 3.05) is 0 Å². The highest BCUT2D eigenvalue weighted by Gasteiger charge is 2.20. The summed E-state index contributed by atoms with van der Waals surface area (Å²) in [7, 11) is 0. The number of carbonyl (C=O) groups is 2. The maximum Gasteiger partial charge on any atom is 0.408 e. The van der Waals surface area contributed by atoms with E-state index >= 15 is 0 Å². The van der Waals surface area contributed by atoms with Crippen LogP contribution in [0, 0.1) is 0 Å². The van der Waals surface area contributed by atoms with Gasteiger partial charge in [0.15, 0.2) is 5.78 Å². The second kappa shape index (κ2) is 4.98. The first kappa shape index (κ1) is 12.9. The summed E-state index contributed by atoms with van der Waals surface area (Å²) in [4.78, 5) is 22.3. The molecular weight excluding hydrogens is 182 g/mol. The number of amides is 1. The highest BCUT2D eigenvalue weighted by atomic mass is 16.6. The van der Waals surface area contributed by atoms with Crippen LogP contribution < -0.4 is 5.32 Å². The lowest BCUT2D eigenvalue weighted by molar-refractivity contribution is -0.119. The molecule has 0 saturated heterocycles. The van der Waals surface area contributed by atoms with Gasteiger partial charge in [0.2, 0.25) is 0 Å². The van der Waals surface area contributed by atoms with Gasteiger partial charge in [0.05, 0.1) is 6.04 Å². The molecule has 0 aliphatic rings. The third-order valence-electron chi connectivity index (χ3n) is 1.59. The summed E-state index contributed by atoms with van der Waals surface area (Å²) in [5, 5.41) is 2.51. The molecule has 4 heteroatoms. The fourth-order valence-electron chi connectivity index (χ4n) is 0.941. The first-order valence-electron chi connectivity index (χ1n) is 4.76. The van der Waals surface area contributed by atoms with Crippen LogP contribution in [-0.4, -0.2) is 23.5 Å². The highest BCUT2D eigenvalue weighted by Crippen LogP contribution is 2.07. The molecule has 4 nitrogen and oxygen atoms in total. The molecule has 1 unspecified atom stereocenters. The van der Waals surface area contributed by atoms with Crippen LogP contribution in [0.3, 0.4) is 0 Å². The Morgan fingerprint density at radius 3 is 2.21 bits per heavy atom. The van der Waals surface area contributed by atoms with E-state index in [1.807, 2.05) is 6.92 Å². The van der Waals surface area contributed by atoms with Crippen molar-refractivity contribution in [2.24, 2.45) is 0 Å². The van der Waals surface area contributed by atoms with E-state index in [2.05, 4.69) is 5.32 Å². The van der Waals surface area contributed by atoms with Crippen molar-refractivity contribution in [1.82, 2.24) is 5.32 Å². The number of carbonyl (C=O) groups excluding carboxylic acids is 2. The van der Waals surface area contributed by atoms with Crippen LogP contribution in [-0.2, 0) is 9.53 Å². The van der Waals surface area contributed by atoms with E-state index < -0.39 is 17.7 Å². The minimum absolute atomic E-state index is 0. The molecular formula is C10H21NO3. The van der Waals surface area contributed by atoms with Gasteiger partial charge in [-0.2, -0.15) is 0 Å². The van der Waals surface area contributed by atoms with Crippen molar-refractivity contribution in [3.8, 4) is 0 Å². The molecule has 0 radical (unpaired) electrons. The normalized spacial score (nSPS) is 13.2. The van der Waals surface area contributed by atoms with Crippen molar-refractivity contribution in [2.45, 2.75) is 52.7 Å². The molecule has 1 N–H and O–H groups in total. The standard InChI is InChI=1S/C10H19NO3.H2/c1-6-8(7(2)12)11-9(13)14-10(3,4)5;/h8H,6H2,1-5H3,(H,11,13);1H. The fraction of sp³-hybridized carbons (Fsp3) is 0.800. The minimum atomic E-state index is -0.542. The molecule has 0 aromatic heterocycles. The SMILES string of the molecule is CCC(NC(=O)OC(C)(C)C)C(C)=O.[HH]. The van der Waals surface area contributed by atoms with Crippen LogP contribution in [0.1, 0.15) is 42.5 Å². The minimum Gasteiger partial charge on any atom is -0.444 e. The number of ether oxygens (including phenoxy) is 1. The van der Waals surface area contributed by atoms with Gasteiger partial charge >= 0.3 is 6.09 Å². The fourth-order valence-corrected chi connectivity index (χ4v) is 0.941. The first-order chi connectivity index (χ1) is 6.26. The molecule has 84 valence electrons. The lowest BCUT2D eigenvalue weighted by Crippen LogP contribution is -2.42. The van der Waals surface area contributed by atoms with Crippen LogP contribution in [0.2, 0.25) is 0 Å². The number of hydrogen-bond acceptors (Lipinski definition) is 3. The van der Waals surface area contributed by atoms with Crippen molar-refractivity contribution >= 4 is 11.9 Å². The summed E-state index contributed by atoms with van der Waals surface area (Å²) in [6.07, 6.45) is 0.0359. The Kier molecular flexibility index (Phi) is 4.60. The topological polar surface area (TPSA) is 55.4 Å². The highest BCUT2D eigenvalue weighted by molar-refractivity contribution is 5.85. The number of alkyl carbamates (subject to hydrolysis) is 1. The molecule has 1 atom stereocenters. The zero-order valence-corrected chi connectivity index (χ0v) is 9.51. The number of rotatable bonds is 3. The summed E-state index contributed by atoms with van der Waals surface area (Å²) in [6.45, 7) is 8.62. The molecule has 0 heterocycles. The Bertz CT molecular complexity index is 223. The maximum atomic E-state index is 11.2. The Morgan fingerprint density at radius 2 is 1.93 bits per heavy atom. The van der Waals surface area contributed by atoms with E-state index in [0.29, 0.717) is 6.42 Å². The van der Waals surface area contributed by atoms with Gasteiger partial charge in [0, 0.05) is 1.43 Å². The molecule has 0 rings (SSSR count). The van der Waals surface area contributed by atoms with E-state index in [4.69, 9.17) is 4.74 Å². The van der Waals surface area contributed by atoms with Crippen LogP contribution in [0.4, 0.5) is 4.79 Å². The molecule has 0 saturated carbocycles. The molecule has 0 bridgehead atoms. The molecule has 0 spiro atoms. The summed E-state index contributed by atoms with van der Waals surface area (Å²) >= 11 is 0. The van der Waals surface area contributed by atoms with Gasteiger partial charge < -0.3 is 10.1 Å². The predicted molar refractivity (Wildman–Crippen MR) is 56.2 cm³/mol. The zero-order chi connectivity index (χ0) is 11.4. The first-order valence-corrected chi connectivity index (χ1v) is 4.76. The number of Topliss-reactive ketones (excluding diaryl/α,β-unsaturated/α-hetero) is 1. The van der Waals surface area contributed by atoms with Gasteiger partial charge in [-0.15, -0.1) is 0 Å². The van der Waals surface area contributed by atoms with Crippen LogP contribution >= 0.6 is 0 Å². The lowest BCUT2D eigenvalue weighted by atomic mass is 10.1. The third-order valence-corrected chi connectivity index (χ3v) is 1.59. The maximum absolute atomic E-state index is 11.2. The average Bonchev–Trinajstić information content (AvgIpc) is 1.96. The molecule has 0 aromatic rings. The second-order valence-electron chi connectivity index (χ2n) is 4.22. The van der Waals surface area contributed by atoms with Gasteiger partial charge in [-0.1, -0.05) is 6.92 Å². The monoisotopic (exact) mass is 203 g/mol. The number of hydrogen-bond donors (Lipinski definition) is 1. The average molecular weight is 203 g/mol. The Hall–Kier alpha value is -1.06. The third kappa shape index (κ3) is 5.56. The molecule has 0 aromatic carbocycles. The summed E-state index contributed by atoms with van der Waals surface area (Å²) in [5.41, 5.74) is -0.529. The molecule has 0 aliphatic heterocycles. The van der Waals surface area contributed by atoms with Crippen molar-refractivity contribution in [3.05, 3.63) is 0 Å². The summed E-state index contributed by atoms with van der Waals surface area (Å²) in [6, 6.07) is -0.440. The van der Waals surface area contributed by atoms with Crippen molar-refractivity contribution < 1.29 is 15.8 Å². The van der Waals surface area contributed by atoms with E-state index in [9.17, 15) is 9.59 Å². The quantitative estimate of drug-likeness (QED) is 0.764. The lowest BCUT2D eigenvalue weighted by Gasteiger charge is -2.21. The van der Waals surface area contributed by atoms with Crippen LogP contribution in [0.25, 0.3) is 0 Å². The molecule has 0 fully saturated rings. The van der Waals surface area contributed by atoms with Gasteiger partial charge in [-0.25, -0.2) is 4.79 Å². The smallest absolute Gasteiger partial charge is 0.408 e. The second-order valence-corrected chi connectivity index (χ2v) is 4.22. The van der Waals surface area contributed by atoms with Crippen LogP contribution in [0.5, 0.6) is 0 Å². The Morgan fingerprint density at radius 1 is 1.43 bits per heavy atom. The Labute approximate surface area is 86.5 Å². The van der Waals surface area contributed by atoms with E-state index in [1.54, 1.807) is 20.8 Å². The number of ketones is 1. The van der Waals surface area contributed by atoms with E-state index in [0.717, 1.165) is 0 Å². The molecule has 1 amide bonds. The van der Waals surface area contributed by atoms with Crippen LogP contribution in [0.15, 0.2) is 0 Å². The molecule has 14 heavy (non-hydrogen) atoms. The van der Waals surface area contributed by atoms with Crippen molar-refractivity contribution in [1.29, 1.82) is 0 Å². The van der Waals surface area contributed by atoms with E-state index in [1.165, 1.54) is 6.92 Å². The molecule has 0 aliphatic carbocycles. The predicted octanol–water partition coefficient (Wildman–Crippen LogP) is 2.12. The van der Waals surface area contributed by atoms with Gasteiger partial charge in [0.1, 0.15) is 5.60 Å².